The van der Waals surface area contributed by atoms with Crippen LogP contribution in [-0.4, -0.2) is 4.98 Å². The van der Waals surface area contributed by atoms with Crippen LogP contribution in [0.25, 0.3) is 10.9 Å². The molecule has 0 unspecified atom stereocenters. The number of nitrogens with one attached hydrogen (secondary N) is 1. The molecular weight excluding hydrogens is 188 g/mol. The molecule has 0 fully saturated rings. The van der Waals surface area contributed by atoms with Gasteiger partial charge in [0.15, 0.2) is 5.43 Å². The summed E-state index contributed by atoms with van der Waals surface area (Å²) in [4.78, 5) is 15.0. The number of hydrogen-bond donors (Lipinski definition) is 2. The predicted molar refractivity (Wildman–Crippen MR) is 61.8 cm³/mol. The van der Waals surface area contributed by atoms with Crippen molar-refractivity contribution in [3.8, 4) is 0 Å². The van der Waals surface area contributed by atoms with E-state index in [1.807, 2.05) is 25.1 Å². The maximum absolute atomic E-state index is 11.8. The lowest BCUT2D eigenvalue weighted by atomic mass is 10.1. The normalized spacial score (nSPS) is 10.8. The fraction of sp³-hybridized carbons (Fsp3) is 0.250. The van der Waals surface area contributed by atoms with Crippen LogP contribution in [0, 0.1) is 0 Å². The highest BCUT2D eigenvalue weighted by molar-refractivity contribution is 5.79. The molecule has 0 aliphatic rings. The largest absolute Gasteiger partial charge is 0.358 e. The van der Waals surface area contributed by atoms with E-state index in [-0.39, 0.29) is 5.43 Å². The van der Waals surface area contributed by atoms with E-state index in [9.17, 15) is 4.79 Å². The number of aromatic amines is 1. The number of aryl methyl sites for hydroxylation is 1. The van der Waals surface area contributed by atoms with Crippen LogP contribution in [0.1, 0.15) is 18.2 Å². The van der Waals surface area contributed by atoms with Crippen molar-refractivity contribution in [2.24, 2.45) is 5.73 Å². The molecule has 0 amide bonds. The number of aromatic nitrogens is 1. The fourth-order valence-corrected chi connectivity index (χ4v) is 1.67. The summed E-state index contributed by atoms with van der Waals surface area (Å²) in [5, 5.41) is 0.718. The Kier molecular flexibility index (Phi) is 2.56. The average molecular weight is 202 g/mol. The summed E-state index contributed by atoms with van der Waals surface area (Å²) in [7, 11) is 0. The molecule has 0 saturated carbocycles. The second-order valence-electron chi connectivity index (χ2n) is 3.60. The van der Waals surface area contributed by atoms with Crippen LogP contribution < -0.4 is 11.2 Å². The standard InChI is InChI=1S/C12H14N2O/c1-2-9-6-12(15)10-5-8(7-13)3-4-11(10)14-9/h3-6H,2,7,13H2,1H3,(H,14,15). The molecule has 0 radical (unpaired) electrons. The van der Waals surface area contributed by atoms with Crippen molar-refractivity contribution in [1.82, 2.24) is 4.98 Å². The summed E-state index contributed by atoms with van der Waals surface area (Å²) in [5.74, 6) is 0. The van der Waals surface area contributed by atoms with Crippen molar-refractivity contribution in [2.75, 3.05) is 0 Å². The third-order valence-corrected chi connectivity index (χ3v) is 2.57. The van der Waals surface area contributed by atoms with Crippen LogP contribution in [0.4, 0.5) is 0 Å². The van der Waals surface area contributed by atoms with Crippen molar-refractivity contribution in [1.29, 1.82) is 0 Å². The molecule has 2 aromatic rings. The molecular formula is C12H14N2O. The van der Waals surface area contributed by atoms with Crippen LogP contribution >= 0.6 is 0 Å². The van der Waals surface area contributed by atoms with Gasteiger partial charge in [-0.2, -0.15) is 0 Å². The highest BCUT2D eigenvalue weighted by Gasteiger charge is 2.01. The number of fused-ring (bicyclic) bond motifs is 1. The maximum atomic E-state index is 11.8. The van der Waals surface area contributed by atoms with E-state index in [1.54, 1.807) is 6.07 Å². The van der Waals surface area contributed by atoms with Gasteiger partial charge >= 0.3 is 0 Å². The Bertz CT molecular complexity index is 543. The maximum Gasteiger partial charge on any atom is 0.189 e. The van der Waals surface area contributed by atoms with Crippen molar-refractivity contribution >= 4 is 10.9 Å². The Labute approximate surface area is 87.9 Å². The second-order valence-corrected chi connectivity index (χ2v) is 3.60. The predicted octanol–water partition coefficient (Wildman–Crippen LogP) is 1.55. The Balaban J connectivity index is 2.74. The molecule has 1 heterocycles. The van der Waals surface area contributed by atoms with Gasteiger partial charge in [-0.25, -0.2) is 0 Å². The lowest BCUT2D eigenvalue weighted by Gasteiger charge is -2.03. The van der Waals surface area contributed by atoms with E-state index < -0.39 is 0 Å². The van der Waals surface area contributed by atoms with Crippen molar-refractivity contribution in [3.05, 3.63) is 45.7 Å². The van der Waals surface area contributed by atoms with Crippen molar-refractivity contribution in [3.63, 3.8) is 0 Å². The Morgan fingerprint density at radius 2 is 2.13 bits per heavy atom. The first-order chi connectivity index (χ1) is 7.24. The molecule has 0 aliphatic heterocycles. The number of nitrogens with two attached hydrogens (primary N) is 1. The minimum absolute atomic E-state index is 0.0656. The molecule has 0 atom stereocenters. The quantitative estimate of drug-likeness (QED) is 0.776. The molecule has 0 bridgehead atoms. The Morgan fingerprint density at radius 1 is 1.33 bits per heavy atom. The van der Waals surface area contributed by atoms with Gasteiger partial charge in [-0.1, -0.05) is 13.0 Å². The van der Waals surface area contributed by atoms with E-state index >= 15 is 0 Å². The smallest absolute Gasteiger partial charge is 0.189 e. The van der Waals surface area contributed by atoms with Gasteiger partial charge in [-0.15, -0.1) is 0 Å². The molecule has 1 aromatic heterocycles. The second kappa shape index (κ2) is 3.87. The van der Waals surface area contributed by atoms with Gasteiger partial charge < -0.3 is 10.7 Å². The first kappa shape index (κ1) is 9.93. The number of benzene rings is 1. The molecule has 0 saturated heterocycles. The lowest BCUT2D eigenvalue weighted by Crippen LogP contribution is -2.06. The minimum Gasteiger partial charge on any atom is -0.358 e. The van der Waals surface area contributed by atoms with Crippen molar-refractivity contribution in [2.45, 2.75) is 19.9 Å². The van der Waals surface area contributed by atoms with E-state index in [1.165, 1.54) is 0 Å². The fourth-order valence-electron chi connectivity index (χ4n) is 1.67. The molecule has 78 valence electrons. The zero-order chi connectivity index (χ0) is 10.8. The summed E-state index contributed by atoms with van der Waals surface area (Å²) >= 11 is 0. The highest BCUT2D eigenvalue weighted by atomic mass is 16.1. The van der Waals surface area contributed by atoms with Crippen LogP contribution in [-0.2, 0) is 13.0 Å². The molecule has 0 spiro atoms. The van der Waals surface area contributed by atoms with E-state index in [0.717, 1.165) is 28.6 Å². The molecule has 3 N–H and O–H groups in total. The third kappa shape index (κ3) is 1.78. The van der Waals surface area contributed by atoms with Crippen LogP contribution in [0.2, 0.25) is 0 Å². The lowest BCUT2D eigenvalue weighted by molar-refractivity contribution is 1.05. The van der Waals surface area contributed by atoms with Gasteiger partial charge in [0.2, 0.25) is 0 Å². The molecule has 0 aliphatic carbocycles. The number of rotatable bonds is 2. The monoisotopic (exact) mass is 202 g/mol. The van der Waals surface area contributed by atoms with E-state index in [4.69, 9.17) is 5.73 Å². The first-order valence-electron chi connectivity index (χ1n) is 5.09. The minimum atomic E-state index is 0.0656. The van der Waals surface area contributed by atoms with Gasteiger partial charge in [0, 0.05) is 29.2 Å². The molecule has 15 heavy (non-hydrogen) atoms. The summed E-state index contributed by atoms with van der Waals surface area (Å²) in [6.07, 6.45) is 0.837. The summed E-state index contributed by atoms with van der Waals surface area (Å²) in [6.45, 7) is 2.48. The van der Waals surface area contributed by atoms with Gasteiger partial charge in [0.1, 0.15) is 0 Å². The third-order valence-electron chi connectivity index (χ3n) is 2.57. The number of hydrogen-bond acceptors (Lipinski definition) is 2. The summed E-state index contributed by atoms with van der Waals surface area (Å²) < 4.78 is 0. The Hall–Kier alpha value is -1.61. The van der Waals surface area contributed by atoms with E-state index in [0.29, 0.717) is 6.54 Å². The van der Waals surface area contributed by atoms with Crippen LogP contribution in [0.15, 0.2) is 29.1 Å². The van der Waals surface area contributed by atoms with Gasteiger partial charge in [0.05, 0.1) is 0 Å². The average Bonchev–Trinajstić information content (AvgIpc) is 2.28. The zero-order valence-corrected chi connectivity index (χ0v) is 8.71. The van der Waals surface area contributed by atoms with Gasteiger partial charge in [0.25, 0.3) is 0 Å². The highest BCUT2D eigenvalue weighted by Crippen LogP contribution is 2.11. The van der Waals surface area contributed by atoms with Crippen LogP contribution in [0.3, 0.4) is 0 Å². The van der Waals surface area contributed by atoms with E-state index in [2.05, 4.69) is 4.98 Å². The number of H-pyrrole nitrogens is 1. The molecule has 1 aromatic carbocycles. The van der Waals surface area contributed by atoms with Crippen molar-refractivity contribution < 1.29 is 0 Å². The number of pyridine rings is 1. The SMILES string of the molecule is CCc1cc(=O)c2cc(CN)ccc2[nH]1. The molecule has 2 rings (SSSR count). The first-order valence-corrected chi connectivity index (χ1v) is 5.09. The van der Waals surface area contributed by atoms with Gasteiger partial charge in [-0.05, 0) is 24.1 Å². The molecule has 3 heteroatoms. The van der Waals surface area contributed by atoms with Crippen LogP contribution in [0.5, 0.6) is 0 Å². The summed E-state index contributed by atoms with van der Waals surface area (Å²) in [6, 6.07) is 7.37. The van der Waals surface area contributed by atoms with Gasteiger partial charge in [-0.3, -0.25) is 4.79 Å². The Morgan fingerprint density at radius 3 is 2.80 bits per heavy atom. The topological polar surface area (TPSA) is 58.9 Å². The summed E-state index contributed by atoms with van der Waals surface area (Å²) in [5.41, 5.74) is 8.44. The molecule has 3 nitrogen and oxygen atoms in total. The zero-order valence-electron chi connectivity index (χ0n) is 8.71.